The fourth-order valence-electron chi connectivity index (χ4n) is 9.31. The van der Waals surface area contributed by atoms with Crippen LogP contribution in [-0.4, -0.2) is 140 Å². The van der Waals surface area contributed by atoms with Crippen LogP contribution >= 0.6 is 0 Å². The molecule has 2 fully saturated rings. The number of ether oxygens (including phenoxy) is 4. The van der Waals surface area contributed by atoms with Crippen molar-refractivity contribution < 1.29 is 64.6 Å². The minimum absolute atomic E-state index is 0.248. The summed E-state index contributed by atoms with van der Waals surface area (Å²) < 4.78 is 22.7. The van der Waals surface area contributed by atoms with E-state index in [1.54, 1.807) is 6.08 Å². The average molecular weight is 986 g/mol. The van der Waals surface area contributed by atoms with Gasteiger partial charge < -0.3 is 65.1 Å². The number of aliphatic hydroxyl groups excluding tert-OH is 8. The highest BCUT2D eigenvalue weighted by Crippen LogP contribution is 2.30. The Labute approximate surface area is 418 Å². The van der Waals surface area contributed by atoms with Crippen molar-refractivity contribution in [1.82, 2.24) is 5.32 Å². The van der Waals surface area contributed by atoms with Crippen LogP contribution in [0.5, 0.6) is 0 Å². The molecule has 14 heteroatoms. The molecule has 2 saturated heterocycles. The average Bonchev–Trinajstić information content (AvgIpc) is 3.35. The van der Waals surface area contributed by atoms with Gasteiger partial charge in [-0.2, -0.15) is 0 Å². The van der Waals surface area contributed by atoms with Crippen LogP contribution in [0.2, 0.25) is 0 Å². The van der Waals surface area contributed by atoms with Gasteiger partial charge in [0.05, 0.1) is 32.0 Å². The third-order valence-electron chi connectivity index (χ3n) is 13.9. The first-order valence-corrected chi connectivity index (χ1v) is 28.1. The van der Waals surface area contributed by atoms with E-state index in [0.717, 1.165) is 32.1 Å². The predicted octanol–water partition coefficient (Wildman–Crippen LogP) is 8.50. The molecule has 2 rings (SSSR count). The van der Waals surface area contributed by atoms with Crippen molar-refractivity contribution in [3.05, 3.63) is 24.3 Å². The number of carbonyl (C=O) groups is 1. The monoisotopic (exact) mass is 986 g/mol. The Hall–Kier alpha value is -1.53. The van der Waals surface area contributed by atoms with Crippen LogP contribution < -0.4 is 5.32 Å². The van der Waals surface area contributed by atoms with Crippen molar-refractivity contribution >= 4 is 5.91 Å². The van der Waals surface area contributed by atoms with E-state index in [0.29, 0.717) is 12.8 Å². The first-order valence-electron chi connectivity index (χ1n) is 28.1. The molecule has 0 saturated carbocycles. The molecule has 0 aromatic heterocycles. The maximum atomic E-state index is 13.2. The molecule has 0 radical (unpaired) electrons. The van der Waals surface area contributed by atoms with Crippen molar-refractivity contribution in [3.63, 3.8) is 0 Å². The van der Waals surface area contributed by atoms with Gasteiger partial charge in [-0.05, 0) is 32.1 Å². The van der Waals surface area contributed by atoms with E-state index in [1.807, 2.05) is 6.08 Å². The van der Waals surface area contributed by atoms with E-state index in [4.69, 9.17) is 18.9 Å². The second kappa shape index (κ2) is 41.9. The van der Waals surface area contributed by atoms with Crippen LogP contribution in [0.4, 0.5) is 0 Å². The zero-order valence-corrected chi connectivity index (χ0v) is 43.3. The summed E-state index contributed by atoms with van der Waals surface area (Å²) in [7, 11) is 0. The Morgan fingerprint density at radius 1 is 0.507 bits per heavy atom. The van der Waals surface area contributed by atoms with Crippen molar-refractivity contribution in [1.29, 1.82) is 0 Å². The molecule has 1 amide bonds. The van der Waals surface area contributed by atoms with Gasteiger partial charge in [-0.3, -0.25) is 4.79 Å². The summed E-state index contributed by atoms with van der Waals surface area (Å²) in [6, 6.07) is -0.925. The van der Waals surface area contributed by atoms with Crippen molar-refractivity contribution in [2.75, 3.05) is 19.8 Å². The number of carbonyl (C=O) groups excluding carboxylic acids is 1. The quantitative estimate of drug-likeness (QED) is 0.0206. The summed E-state index contributed by atoms with van der Waals surface area (Å²) in [5.74, 6) is -0.248. The second-order valence-electron chi connectivity index (χ2n) is 20.1. The third-order valence-corrected chi connectivity index (χ3v) is 13.9. The number of hydrogen-bond donors (Lipinski definition) is 9. The second-order valence-corrected chi connectivity index (χ2v) is 20.1. The predicted molar refractivity (Wildman–Crippen MR) is 272 cm³/mol. The molecule has 12 atom stereocenters. The first kappa shape index (κ1) is 63.6. The molecule has 12 unspecified atom stereocenters. The summed E-state index contributed by atoms with van der Waals surface area (Å²) in [4.78, 5) is 13.2. The Balaban J connectivity index is 1.70. The molecule has 0 aliphatic carbocycles. The van der Waals surface area contributed by atoms with Crippen LogP contribution in [0.3, 0.4) is 0 Å². The molecule has 406 valence electrons. The molecule has 9 N–H and O–H groups in total. The van der Waals surface area contributed by atoms with Gasteiger partial charge in [0.2, 0.25) is 5.91 Å². The van der Waals surface area contributed by atoms with Crippen molar-refractivity contribution in [3.8, 4) is 0 Å². The summed E-state index contributed by atoms with van der Waals surface area (Å²) in [5.41, 5.74) is 0. The molecule has 0 aromatic carbocycles. The SMILES string of the molecule is CCCCCC/C=C/CC/C=C/C(O)C(COC1OC(CO)C(OC2OC(CO)C(O)C(O)C2O)C(O)C1O)NC(=O)CCCCCCCCCCCCCCCCCCCCCCCCCCC. The van der Waals surface area contributed by atoms with Crippen LogP contribution in [-0.2, 0) is 23.7 Å². The lowest BCUT2D eigenvalue weighted by Gasteiger charge is -2.46. The molecule has 69 heavy (non-hydrogen) atoms. The van der Waals surface area contributed by atoms with Crippen LogP contribution in [0, 0.1) is 0 Å². The number of hydrogen-bond acceptors (Lipinski definition) is 13. The summed E-state index contributed by atoms with van der Waals surface area (Å²) in [6.07, 6.45) is 31.1. The topological polar surface area (TPSA) is 228 Å². The van der Waals surface area contributed by atoms with E-state index < -0.39 is 86.8 Å². The smallest absolute Gasteiger partial charge is 0.220 e. The molecule has 2 heterocycles. The van der Waals surface area contributed by atoms with E-state index in [1.165, 1.54) is 161 Å². The lowest BCUT2D eigenvalue weighted by Crippen LogP contribution is -2.65. The summed E-state index contributed by atoms with van der Waals surface area (Å²) >= 11 is 0. The molecule has 0 bridgehead atoms. The van der Waals surface area contributed by atoms with Gasteiger partial charge in [0, 0.05) is 6.42 Å². The zero-order valence-electron chi connectivity index (χ0n) is 43.3. The fourth-order valence-corrected chi connectivity index (χ4v) is 9.31. The number of nitrogens with one attached hydrogen (secondary N) is 1. The van der Waals surface area contributed by atoms with E-state index in [-0.39, 0.29) is 18.9 Å². The van der Waals surface area contributed by atoms with Crippen LogP contribution in [0.25, 0.3) is 0 Å². The van der Waals surface area contributed by atoms with Gasteiger partial charge in [-0.1, -0.05) is 212 Å². The minimum Gasteiger partial charge on any atom is -0.394 e. The van der Waals surface area contributed by atoms with Gasteiger partial charge in [-0.15, -0.1) is 0 Å². The first-order chi connectivity index (χ1) is 33.6. The van der Waals surface area contributed by atoms with Gasteiger partial charge in [0.1, 0.15) is 48.8 Å². The van der Waals surface area contributed by atoms with E-state index in [9.17, 15) is 45.6 Å². The van der Waals surface area contributed by atoms with Gasteiger partial charge in [-0.25, -0.2) is 0 Å². The Bertz CT molecular complexity index is 1260. The van der Waals surface area contributed by atoms with Crippen molar-refractivity contribution in [2.24, 2.45) is 0 Å². The van der Waals surface area contributed by atoms with E-state index in [2.05, 4.69) is 31.3 Å². The molecule has 2 aliphatic rings. The van der Waals surface area contributed by atoms with Gasteiger partial charge in [0.25, 0.3) is 0 Å². The van der Waals surface area contributed by atoms with Gasteiger partial charge in [0.15, 0.2) is 12.6 Å². The Kier molecular flexibility index (Phi) is 38.6. The lowest BCUT2D eigenvalue weighted by molar-refractivity contribution is -0.359. The minimum atomic E-state index is -1.79. The number of unbranched alkanes of at least 4 members (excludes halogenated alkanes) is 29. The Morgan fingerprint density at radius 3 is 1.42 bits per heavy atom. The highest BCUT2D eigenvalue weighted by molar-refractivity contribution is 5.76. The molecule has 0 spiro atoms. The highest BCUT2D eigenvalue weighted by Gasteiger charge is 2.51. The molecule has 14 nitrogen and oxygen atoms in total. The lowest BCUT2D eigenvalue weighted by atomic mass is 9.97. The molecular weight excluding hydrogens is 883 g/mol. The van der Waals surface area contributed by atoms with Gasteiger partial charge >= 0.3 is 0 Å². The normalized spacial score (nSPS) is 26.3. The van der Waals surface area contributed by atoms with Crippen molar-refractivity contribution in [2.45, 2.75) is 299 Å². The number of rotatable bonds is 44. The molecular formula is C55H103NO13. The number of aliphatic hydroxyl groups is 8. The number of amides is 1. The van der Waals surface area contributed by atoms with Crippen LogP contribution in [0.15, 0.2) is 24.3 Å². The summed E-state index contributed by atoms with van der Waals surface area (Å²) in [6.45, 7) is 2.75. The fraction of sp³-hybridized carbons (Fsp3) is 0.909. The largest absolute Gasteiger partial charge is 0.394 e. The maximum Gasteiger partial charge on any atom is 0.220 e. The number of allylic oxidation sites excluding steroid dienone is 3. The zero-order chi connectivity index (χ0) is 50.3. The van der Waals surface area contributed by atoms with E-state index >= 15 is 0 Å². The highest BCUT2D eigenvalue weighted by atomic mass is 16.7. The van der Waals surface area contributed by atoms with Crippen LogP contribution in [0.1, 0.15) is 226 Å². The third kappa shape index (κ3) is 28.5. The maximum absolute atomic E-state index is 13.2. The molecule has 2 aliphatic heterocycles. The summed E-state index contributed by atoms with van der Waals surface area (Å²) in [5, 5.41) is 86.7. The Morgan fingerprint density at radius 2 is 0.928 bits per heavy atom. The standard InChI is InChI=1S/C55H103NO13/c1-3-5-7-9-11-13-15-16-17-18-19-20-21-22-23-24-25-26-27-28-29-31-33-35-37-39-47(60)56-43(44(59)38-36-34-32-30-14-12-10-8-6-4-2)42-66-54-52(65)50(63)53(46(41-58)68-54)69-55-51(64)49(62)48(61)45(40-57)67-55/h14,30,36,38,43-46,48-55,57-59,61-65H,3-13,15-29,31-35,37,39-42H2,1-2H3,(H,56,60)/b30-14+,38-36+. The molecule has 0 aromatic rings.